The van der Waals surface area contributed by atoms with Gasteiger partial charge in [0.15, 0.2) is 0 Å². The summed E-state index contributed by atoms with van der Waals surface area (Å²) in [6.07, 6.45) is 3.01. The Labute approximate surface area is 362 Å². The predicted molar refractivity (Wildman–Crippen MR) is 236 cm³/mol. The third-order valence-corrected chi connectivity index (χ3v) is 10.3. The van der Waals surface area contributed by atoms with Gasteiger partial charge in [-0.1, -0.05) is 41.6 Å². The first-order valence-electron chi connectivity index (χ1n) is 19.5. The van der Waals surface area contributed by atoms with E-state index in [2.05, 4.69) is 57.5 Å². The summed E-state index contributed by atoms with van der Waals surface area (Å²) in [5.74, 6) is 5.79. The minimum absolute atomic E-state index is 0.00519. The normalized spacial score (nSPS) is 13.6. The van der Waals surface area contributed by atoms with E-state index in [1.54, 1.807) is 97.5 Å². The molecule has 18 nitrogen and oxygen atoms in total. The van der Waals surface area contributed by atoms with Crippen LogP contribution in [0.3, 0.4) is 0 Å². The molecule has 7 rings (SSSR count). The van der Waals surface area contributed by atoms with E-state index >= 15 is 0 Å². The molecule has 0 spiro atoms. The van der Waals surface area contributed by atoms with Crippen LogP contribution in [0.1, 0.15) is 71.0 Å². The third-order valence-electron chi connectivity index (χ3n) is 10.3. The fraction of sp³-hybridized carbons (Fsp3) is 0.200. The second-order valence-electron chi connectivity index (χ2n) is 15.2. The van der Waals surface area contributed by atoms with Crippen molar-refractivity contribution in [2.75, 3.05) is 11.5 Å². The molecule has 0 saturated heterocycles. The first-order chi connectivity index (χ1) is 30.2. The van der Waals surface area contributed by atoms with E-state index in [1.807, 2.05) is 26.0 Å². The summed E-state index contributed by atoms with van der Waals surface area (Å²) < 4.78 is 1.59. The molecule has 314 valence electrons. The summed E-state index contributed by atoms with van der Waals surface area (Å²) in [6, 6.07) is 28.9. The highest BCUT2D eigenvalue weighted by atomic mass is 16.3. The Balaban J connectivity index is 1.03. The van der Waals surface area contributed by atoms with Crippen molar-refractivity contribution >= 4 is 23.8 Å². The second kappa shape index (κ2) is 17.7. The summed E-state index contributed by atoms with van der Waals surface area (Å²) >= 11 is 0. The van der Waals surface area contributed by atoms with Gasteiger partial charge in [-0.05, 0) is 87.4 Å². The number of nitrogen functional groups attached to an aromatic ring is 2. The molecule has 2 atom stereocenters. The molecule has 7 aromatic rings. The summed E-state index contributed by atoms with van der Waals surface area (Å²) in [6.45, 7) is 7.16. The van der Waals surface area contributed by atoms with Gasteiger partial charge < -0.3 is 27.5 Å². The number of aromatic nitrogens is 9. The standard InChI is InChI=1S/C45H42N16O2/c1-26-28(19-46)9-5-13-32(26)34-17-36(56-42(48)54-34)38(58-50)22-51-21-30-11-7-15-40(52-30)44(3,62)25-45(4,63)41-16-8-12-31(53-41)23-61-24-39(59-60-61)37-18-35(55-43(49)57-37)33-14-6-10-29(20-47)27(33)2/h5-18,22,24,62-63H,21,23,25,50H2,1-4H3,(H2,48,54,56)(H2,49,55,57)/b51-22?,58-38+. The van der Waals surface area contributed by atoms with Gasteiger partial charge in [0, 0.05) is 17.5 Å². The zero-order valence-electron chi connectivity index (χ0n) is 34.8. The fourth-order valence-electron chi connectivity index (χ4n) is 7.18. The third kappa shape index (κ3) is 9.53. The van der Waals surface area contributed by atoms with Gasteiger partial charge in [-0.15, -0.1) is 5.10 Å². The topological polar surface area (TPSA) is 299 Å². The van der Waals surface area contributed by atoms with Crippen molar-refractivity contribution in [3.05, 3.63) is 142 Å². The Hall–Kier alpha value is -8.32. The minimum Gasteiger partial charge on any atom is -0.384 e. The van der Waals surface area contributed by atoms with Crippen LogP contribution in [-0.2, 0) is 24.3 Å². The van der Waals surface area contributed by atoms with Gasteiger partial charge >= 0.3 is 0 Å². The number of benzene rings is 2. The van der Waals surface area contributed by atoms with E-state index in [4.69, 9.17) is 22.3 Å². The lowest BCUT2D eigenvalue weighted by Gasteiger charge is -2.32. The lowest BCUT2D eigenvalue weighted by molar-refractivity contribution is -0.0570. The molecule has 0 saturated carbocycles. The molecule has 5 aromatic heterocycles. The van der Waals surface area contributed by atoms with E-state index in [0.717, 1.165) is 16.7 Å². The average molecular weight is 839 g/mol. The van der Waals surface area contributed by atoms with E-state index in [0.29, 0.717) is 67.9 Å². The van der Waals surface area contributed by atoms with Crippen molar-refractivity contribution in [3.8, 4) is 46.0 Å². The Morgan fingerprint density at radius 1 is 0.714 bits per heavy atom. The Morgan fingerprint density at radius 2 is 1.25 bits per heavy atom. The van der Waals surface area contributed by atoms with Gasteiger partial charge in [-0.2, -0.15) is 15.6 Å². The molecule has 0 amide bonds. The number of hydrazone groups is 1. The summed E-state index contributed by atoms with van der Waals surface area (Å²) in [5, 5.41) is 55.0. The van der Waals surface area contributed by atoms with Crippen molar-refractivity contribution in [3.63, 3.8) is 0 Å². The molecule has 2 aromatic carbocycles. The number of nitrogens with two attached hydrogens (primary N) is 3. The lowest BCUT2D eigenvalue weighted by Crippen LogP contribution is -2.35. The average Bonchev–Trinajstić information content (AvgIpc) is 3.73. The minimum atomic E-state index is -1.59. The smallest absolute Gasteiger partial charge is 0.221 e. The first-order valence-corrected chi connectivity index (χ1v) is 19.5. The quantitative estimate of drug-likeness (QED) is 0.0599. The van der Waals surface area contributed by atoms with Crippen LogP contribution in [0.4, 0.5) is 11.9 Å². The molecule has 5 heterocycles. The Bertz CT molecular complexity index is 3000. The first kappa shape index (κ1) is 42.8. The monoisotopic (exact) mass is 838 g/mol. The van der Waals surface area contributed by atoms with E-state index in [1.165, 1.54) is 6.21 Å². The van der Waals surface area contributed by atoms with Crippen molar-refractivity contribution in [2.45, 2.75) is 58.4 Å². The maximum atomic E-state index is 11.8. The maximum absolute atomic E-state index is 11.8. The van der Waals surface area contributed by atoms with Crippen molar-refractivity contribution in [1.82, 2.24) is 44.9 Å². The molecular formula is C45H42N16O2. The van der Waals surface area contributed by atoms with Crippen LogP contribution in [-0.4, -0.2) is 67.0 Å². The van der Waals surface area contributed by atoms with E-state index < -0.39 is 11.2 Å². The van der Waals surface area contributed by atoms with Crippen LogP contribution < -0.4 is 17.3 Å². The Kier molecular flexibility index (Phi) is 12.0. The molecule has 0 fully saturated rings. The highest BCUT2D eigenvalue weighted by Crippen LogP contribution is 2.35. The van der Waals surface area contributed by atoms with Gasteiger partial charge in [-0.25, -0.2) is 24.6 Å². The van der Waals surface area contributed by atoms with Gasteiger partial charge in [0.2, 0.25) is 11.9 Å². The lowest BCUT2D eigenvalue weighted by atomic mass is 9.84. The molecule has 18 heteroatoms. The highest BCUT2D eigenvalue weighted by molar-refractivity contribution is 6.37. The summed E-state index contributed by atoms with van der Waals surface area (Å²) in [5.41, 5.74) is 17.3. The number of hydrogen-bond acceptors (Lipinski definition) is 17. The molecule has 63 heavy (non-hydrogen) atoms. The number of nitriles is 2. The number of hydrogen-bond donors (Lipinski definition) is 5. The fourth-order valence-corrected chi connectivity index (χ4v) is 7.18. The van der Waals surface area contributed by atoms with Crippen LogP contribution in [0.15, 0.2) is 101 Å². The van der Waals surface area contributed by atoms with Crippen LogP contribution in [0.5, 0.6) is 0 Å². The molecule has 2 unspecified atom stereocenters. The summed E-state index contributed by atoms with van der Waals surface area (Å²) in [4.78, 5) is 31.3. The SMILES string of the molecule is Cc1c(C#N)cccc1-c1cc(/C(C=NCc2cccc(C(C)(O)CC(C)(O)c3cccc(Cn4cc(-c5cc(-c6cccc(C#N)c6C)nc(N)n5)nn4)n3)n2)=N/N)nc(N)n1. The van der Waals surface area contributed by atoms with Crippen LogP contribution in [0, 0.1) is 36.5 Å². The largest absolute Gasteiger partial charge is 0.384 e. The predicted octanol–water partition coefficient (Wildman–Crippen LogP) is 4.66. The summed E-state index contributed by atoms with van der Waals surface area (Å²) in [7, 11) is 0. The number of pyridine rings is 2. The molecule has 0 bridgehead atoms. The van der Waals surface area contributed by atoms with Crippen LogP contribution >= 0.6 is 0 Å². The number of nitrogens with zero attached hydrogens (tertiary/aromatic N) is 13. The van der Waals surface area contributed by atoms with Gasteiger partial charge in [0.25, 0.3) is 0 Å². The molecule has 0 aliphatic carbocycles. The van der Waals surface area contributed by atoms with Crippen molar-refractivity contribution < 1.29 is 10.2 Å². The van der Waals surface area contributed by atoms with Crippen LogP contribution in [0.2, 0.25) is 0 Å². The Morgan fingerprint density at radius 3 is 1.86 bits per heavy atom. The van der Waals surface area contributed by atoms with Crippen LogP contribution in [0.25, 0.3) is 33.9 Å². The number of aliphatic hydroxyl groups is 2. The zero-order valence-corrected chi connectivity index (χ0v) is 34.8. The van der Waals surface area contributed by atoms with E-state index in [9.17, 15) is 20.7 Å². The molecule has 0 aliphatic heterocycles. The van der Waals surface area contributed by atoms with Gasteiger partial charge in [0.1, 0.15) is 22.6 Å². The maximum Gasteiger partial charge on any atom is 0.221 e. The van der Waals surface area contributed by atoms with Gasteiger partial charge in [-0.3, -0.25) is 15.0 Å². The molecule has 0 radical (unpaired) electrons. The highest BCUT2D eigenvalue weighted by Gasteiger charge is 2.37. The van der Waals surface area contributed by atoms with E-state index in [-0.39, 0.29) is 37.1 Å². The number of anilines is 2. The number of rotatable bonds is 13. The van der Waals surface area contributed by atoms with Crippen molar-refractivity contribution in [1.29, 1.82) is 10.5 Å². The second-order valence-corrected chi connectivity index (χ2v) is 15.2. The molecule has 0 aliphatic rings. The number of aliphatic imine (C=N–C) groups is 1. The van der Waals surface area contributed by atoms with Crippen molar-refractivity contribution in [2.24, 2.45) is 15.9 Å². The molecule has 8 N–H and O–H groups in total. The van der Waals surface area contributed by atoms with Gasteiger partial charge in [0.05, 0.1) is 94.3 Å². The zero-order chi connectivity index (χ0) is 44.9. The molecular weight excluding hydrogens is 797 g/mol.